The van der Waals surface area contributed by atoms with Crippen molar-refractivity contribution in [2.24, 2.45) is 0 Å². The molecule has 6 heteroatoms. The molecule has 0 fully saturated rings. The first-order valence-electron chi connectivity index (χ1n) is 3.99. The second kappa shape index (κ2) is 4.63. The quantitative estimate of drug-likeness (QED) is 0.720. The fraction of sp³-hybridized carbons (Fsp3) is 0.375. The highest BCUT2D eigenvalue weighted by molar-refractivity contribution is 6.17. The van der Waals surface area contributed by atoms with Crippen molar-refractivity contribution in [2.45, 2.75) is 13.0 Å². The van der Waals surface area contributed by atoms with Crippen molar-refractivity contribution < 1.29 is 0 Å². The number of aromatic amines is 1. The average Bonchev–Trinajstić information content (AvgIpc) is 2.17. The van der Waals surface area contributed by atoms with Crippen molar-refractivity contribution in [1.29, 1.82) is 5.26 Å². The van der Waals surface area contributed by atoms with Gasteiger partial charge in [0.25, 0.3) is 5.56 Å². The molecule has 1 aromatic heterocycles. The monoisotopic (exact) mass is 213 g/mol. The standard InChI is InChI=1S/C8H8ClN3O2/c9-2-1-3-12-5-6(4-10)7(13)11-8(12)14/h5H,1-3H2,(H,11,13,14). The Bertz CT molecular complexity index is 469. The number of halogens is 1. The predicted octanol–water partition coefficient (Wildman–Crippen LogP) is 0.0372. The number of alkyl halides is 1. The first-order valence-corrected chi connectivity index (χ1v) is 4.52. The Morgan fingerprint density at radius 2 is 2.29 bits per heavy atom. The highest BCUT2D eigenvalue weighted by atomic mass is 35.5. The molecule has 0 saturated carbocycles. The van der Waals surface area contributed by atoms with Crippen LogP contribution in [0.15, 0.2) is 15.8 Å². The van der Waals surface area contributed by atoms with Gasteiger partial charge in [0.05, 0.1) is 0 Å². The molecule has 0 aliphatic heterocycles. The Kier molecular flexibility index (Phi) is 3.48. The lowest BCUT2D eigenvalue weighted by Crippen LogP contribution is -2.31. The molecule has 0 radical (unpaired) electrons. The minimum Gasteiger partial charge on any atom is -0.299 e. The van der Waals surface area contributed by atoms with Gasteiger partial charge in [-0.15, -0.1) is 11.6 Å². The van der Waals surface area contributed by atoms with Crippen LogP contribution in [0.5, 0.6) is 0 Å². The van der Waals surface area contributed by atoms with E-state index in [1.54, 1.807) is 6.07 Å². The van der Waals surface area contributed by atoms with Crippen LogP contribution in [0.4, 0.5) is 0 Å². The van der Waals surface area contributed by atoms with E-state index in [-0.39, 0.29) is 5.56 Å². The zero-order valence-electron chi connectivity index (χ0n) is 7.29. The Morgan fingerprint density at radius 1 is 1.57 bits per heavy atom. The van der Waals surface area contributed by atoms with E-state index in [4.69, 9.17) is 16.9 Å². The van der Waals surface area contributed by atoms with E-state index in [0.717, 1.165) is 0 Å². The third-order valence-corrected chi connectivity index (χ3v) is 1.93. The van der Waals surface area contributed by atoms with Gasteiger partial charge in [-0.2, -0.15) is 5.26 Å². The number of aryl methyl sites for hydroxylation is 1. The van der Waals surface area contributed by atoms with Crippen LogP contribution in [-0.2, 0) is 6.54 Å². The van der Waals surface area contributed by atoms with Gasteiger partial charge in [-0.3, -0.25) is 14.3 Å². The first-order chi connectivity index (χ1) is 6.69. The lowest BCUT2D eigenvalue weighted by molar-refractivity contribution is 0.633. The molecule has 5 nitrogen and oxygen atoms in total. The van der Waals surface area contributed by atoms with Crippen molar-refractivity contribution >= 4 is 11.6 Å². The van der Waals surface area contributed by atoms with Gasteiger partial charge in [-0.05, 0) is 6.42 Å². The van der Waals surface area contributed by atoms with Gasteiger partial charge < -0.3 is 0 Å². The van der Waals surface area contributed by atoms with Crippen LogP contribution in [0.1, 0.15) is 12.0 Å². The largest absolute Gasteiger partial charge is 0.328 e. The number of nitrogens with one attached hydrogen (secondary N) is 1. The van der Waals surface area contributed by atoms with Gasteiger partial charge >= 0.3 is 5.69 Å². The molecule has 0 unspecified atom stereocenters. The summed E-state index contributed by atoms with van der Waals surface area (Å²) in [5.74, 6) is 0.424. The number of nitriles is 1. The number of H-pyrrole nitrogens is 1. The normalized spacial score (nSPS) is 9.71. The SMILES string of the molecule is N#Cc1cn(CCCCl)c(=O)[nH]c1=O. The maximum Gasteiger partial charge on any atom is 0.328 e. The van der Waals surface area contributed by atoms with E-state index in [0.29, 0.717) is 18.8 Å². The van der Waals surface area contributed by atoms with Crippen molar-refractivity contribution in [3.05, 3.63) is 32.6 Å². The molecular formula is C8H8ClN3O2. The van der Waals surface area contributed by atoms with E-state index in [2.05, 4.69) is 4.98 Å². The third-order valence-electron chi connectivity index (χ3n) is 1.66. The second-order valence-corrected chi connectivity index (χ2v) is 3.03. The molecule has 0 bridgehead atoms. The number of nitrogens with zero attached hydrogens (tertiary/aromatic N) is 2. The molecular weight excluding hydrogens is 206 g/mol. The fourth-order valence-electron chi connectivity index (χ4n) is 0.985. The second-order valence-electron chi connectivity index (χ2n) is 2.65. The molecule has 1 heterocycles. The van der Waals surface area contributed by atoms with Crippen molar-refractivity contribution in [1.82, 2.24) is 9.55 Å². The Labute approximate surface area is 84.6 Å². The molecule has 0 aliphatic rings. The molecule has 0 aliphatic carbocycles. The van der Waals surface area contributed by atoms with E-state index in [1.807, 2.05) is 0 Å². The summed E-state index contributed by atoms with van der Waals surface area (Å²) in [7, 11) is 0. The summed E-state index contributed by atoms with van der Waals surface area (Å²) in [4.78, 5) is 24.2. The average molecular weight is 214 g/mol. The molecule has 1 N–H and O–H groups in total. The molecule has 0 spiro atoms. The molecule has 14 heavy (non-hydrogen) atoms. The molecule has 74 valence electrons. The Balaban J connectivity index is 3.13. The number of hydrogen-bond acceptors (Lipinski definition) is 3. The highest BCUT2D eigenvalue weighted by Gasteiger charge is 2.02. The van der Waals surface area contributed by atoms with Gasteiger partial charge in [0.2, 0.25) is 0 Å². The Morgan fingerprint density at radius 3 is 2.86 bits per heavy atom. The zero-order chi connectivity index (χ0) is 10.6. The summed E-state index contributed by atoms with van der Waals surface area (Å²) in [6, 6.07) is 1.70. The molecule has 1 aromatic rings. The van der Waals surface area contributed by atoms with Crippen LogP contribution in [0.3, 0.4) is 0 Å². The van der Waals surface area contributed by atoms with Crippen LogP contribution >= 0.6 is 11.6 Å². The number of rotatable bonds is 3. The highest BCUT2D eigenvalue weighted by Crippen LogP contribution is 1.90. The van der Waals surface area contributed by atoms with Gasteiger partial charge in [0, 0.05) is 18.6 Å². The summed E-state index contributed by atoms with van der Waals surface area (Å²) < 4.78 is 1.27. The smallest absolute Gasteiger partial charge is 0.299 e. The van der Waals surface area contributed by atoms with E-state index in [9.17, 15) is 9.59 Å². The van der Waals surface area contributed by atoms with E-state index < -0.39 is 11.2 Å². The van der Waals surface area contributed by atoms with Crippen LogP contribution in [0.2, 0.25) is 0 Å². The van der Waals surface area contributed by atoms with Gasteiger partial charge in [-0.25, -0.2) is 4.79 Å². The van der Waals surface area contributed by atoms with Crippen molar-refractivity contribution in [3.63, 3.8) is 0 Å². The Hall–Kier alpha value is -1.54. The van der Waals surface area contributed by atoms with Crippen LogP contribution in [0, 0.1) is 11.3 Å². The minimum absolute atomic E-state index is 0.0702. The summed E-state index contributed by atoms with van der Waals surface area (Å²) in [5, 5.41) is 8.55. The first kappa shape index (κ1) is 10.5. The summed E-state index contributed by atoms with van der Waals surface area (Å²) in [5.41, 5.74) is -1.24. The number of hydrogen-bond donors (Lipinski definition) is 1. The van der Waals surface area contributed by atoms with E-state index >= 15 is 0 Å². The van der Waals surface area contributed by atoms with Crippen LogP contribution in [-0.4, -0.2) is 15.4 Å². The predicted molar refractivity (Wildman–Crippen MR) is 51.4 cm³/mol. The summed E-state index contributed by atoms with van der Waals surface area (Å²) in [6.07, 6.45) is 1.85. The van der Waals surface area contributed by atoms with Crippen molar-refractivity contribution in [3.8, 4) is 6.07 Å². The van der Waals surface area contributed by atoms with Crippen molar-refractivity contribution in [2.75, 3.05) is 5.88 Å². The maximum atomic E-state index is 11.2. The zero-order valence-corrected chi connectivity index (χ0v) is 8.04. The van der Waals surface area contributed by atoms with E-state index in [1.165, 1.54) is 10.8 Å². The lowest BCUT2D eigenvalue weighted by Gasteiger charge is -2.02. The van der Waals surface area contributed by atoms with Crippen LogP contribution < -0.4 is 11.2 Å². The molecule has 0 saturated heterocycles. The van der Waals surface area contributed by atoms with Gasteiger partial charge in [0.1, 0.15) is 11.6 Å². The molecule has 1 rings (SSSR count). The minimum atomic E-state index is -0.653. The molecule has 0 aromatic carbocycles. The van der Waals surface area contributed by atoms with Crippen LogP contribution in [0.25, 0.3) is 0 Å². The third kappa shape index (κ3) is 2.24. The summed E-state index contributed by atoms with van der Waals surface area (Å²) >= 11 is 5.46. The molecule has 0 amide bonds. The summed E-state index contributed by atoms with van der Waals surface area (Å²) in [6.45, 7) is 0.397. The molecule has 0 atom stereocenters. The number of aromatic nitrogens is 2. The fourth-order valence-corrected chi connectivity index (χ4v) is 1.10. The van der Waals surface area contributed by atoms with Gasteiger partial charge in [0.15, 0.2) is 0 Å². The lowest BCUT2D eigenvalue weighted by atomic mass is 10.3. The topological polar surface area (TPSA) is 78.7 Å². The van der Waals surface area contributed by atoms with Gasteiger partial charge in [-0.1, -0.05) is 0 Å². The maximum absolute atomic E-state index is 11.2.